The number of carbonyl (C=O) groups excluding carboxylic acids is 1. The summed E-state index contributed by atoms with van der Waals surface area (Å²) in [4.78, 5) is 19.9. The van der Waals surface area contributed by atoms with Gasteiger partial charge < -0.3 is 15.8 Å². The maximum absolute atomic E-state index is 14.1. The summed E-state index contributed by atoms with van der Waals surface area (Å²) >= 11 is 5.72. The summed E-state index contributed by atoms with van der Waals surface area (Å²) in [6, 6.07) is 5.40. The number of carbonyl (C=O) groups is 1. The predicted molar refractivity (Wildman–Crippen MR) is 88.8 cm³/mol. The Hall–Kier alpha value is -2.74. The minimum atomic E-state index is -1.55. The lowest BCUT2D eigenvalue weighted by Crippen LogP contribution is -2.32. The molecule has 3 N–H and O–H groups in total. The number of hydrogen-bond acceptors (Lipinski definition) is 5. The molecule has 1 aromatic carbocycles. The Bertz CT molecular complexity index is 829. The number of anilines is 1. The molecule has 2 aromatic rings. The number of halogens is 3. The maximum Gasteiger partial charge on any atom is 0.282 e. The second kappa shape index (κ2) is 7.02. The second-order valence-electron chi connectivity index (χ2n) is 5.29. The molecule has 9 heteroatoms. The highest BCUT2D eigenvalue weighted by Gasteiger charge is 2.30. The number of hydrogen-bond donors (Lipinski definition) is 2. The van der Waals surface area contributed by atoms with E-state index in [-0.39, 0.29) is 29.6 Å². The van der Waals surface area contributed by atoms with Crippen LogP contribution < -0.4 is 11.1 Å². The van der Waals surface area contributed by atoms with E-state index in [4.69, 9.17) is 22.1 Å². The first-order valence-electron chi connectivity index (χ1n) is 7.26. The van der Waals surface area contributed by atoms with E-state index in [0.29, 0.717) is 5.02 Å². The Morgan fingerprint density at radius 3 is 2.88 bits per heavy atom. The van der Waals surface area contributed by atoms with Gasteiger partial charge in [0.15, 0.2) is 6.17 Å². The van der Waals surface area contributed by atoms with E-state index in [1.54, 1.807) is 0 Å². The van der Waals surface area contributed by atoms with Crippen molar-refractivity contribution in [2.45, 2.75) is 12.2 Å². The number of nitrogens with one attached hydrogen (secondary N) is 1. The minimum absolute atomic E-state index is 0.0272. The molecule has 3 rings (SSSR count). The third-order valence-electron chi connectivity index (χ3n) is 3.53. The van der Waals surface area contributed by atoms with Crippen LogP contribution in [0.15, 0.2) is 41.5 Å². The van der Waals surface area contributed by atoms with Crippen molar-refractivity contribution in [1.29, 1.82) is 0 Å². The lowest BCUT2D eigenvalue weighted by Gasteiger charge is -2.24. The lowest BCUT2D eigenvalue weighted by molar-refractivity contribution is 0.102. The van der Waals surface area contributed by atoms with Crippen molar-refractivity contribution in [3.63, 3.8) is 0 Å². The first-order valence-corrected chi connectivity index (χ1v) is 7.64. The Labute approximate surface area is 146 Å². The van der Waals surface area contributed by atoms with Crippen LogP contribution in [0.4, 0.5) is 14.5 Å². The fourth-order valence-electron chi connectivity index (χ4n) is 2.33. The van der Waals surface area contributed by atoms with Crippen molar-refractivity contribution in [2.75, 3.05) is 11.9 Å². The van der Waals surface area contributed by atoms with Crippen LogP contribution in [0.3, 0.4) is 0 Å². The zero-order chi connectivity index (χ0) is 18.0. The van der Waals surface area contributed by atoms with Crippen LogP contribution in [0.25, 0.3) is 0 Å². The summed E-state index contributed by atoms with van der Waals surface area (Å²) < 4.78 is 32.9. The predicted octanol–water partition coefficient (Wildman–Crippen LogP) is 2.85. The molecule has 1 amide bonds. The number of rotatable bonds is 3. The van der Waals surface area contributed by atoms with Crippen LogP contribution in [0.1, 0.15) is 22.1 Å². The molecular weight excluding hydrogens is 354 g/mol. The smallest absolute Gasteiger partial charge is 0.282 e. The average molecular weight is 367 g/mol. The number of aromatic nitrogens is 1. The first kappa shape index (κ1) is 17.1. The second-order valence-corrected chi connectivity index (χ2v) is 5.73. The Kier molecular flexibility index (Phi) is 4.80. The summed E-state index contributed by atoms with van der Waals surface area (Å²) in [6.07, 6.45) is -0.217. The Morgan fingerprint density at radius 1 is 1.36 bits per heavy atom. The minimum Gasteiger partial charge on any atom is -0.462 e. The highest BCUT2D eigenvalue weighted by Crippen LogP contribution is 2.31. The van der Waals surface area contributed by atoms with Gasteiger partial charge in [-0.05, 0) is 30.3 Å². The highest BCUT2D eigenvalue weighted by atomic mass is 35.5. The number of pyridine rings is 1. The van der Waals surface area contributed by atoms with Gasteiger partial charge in [-0.1, -0.05) is 11.6 Å². The van der Waals surface area contributed by atoms with Gasteiger partial charge in [-0.2, -0.15) is 0 Å². The maximum atomic E-state index is 14.1. The van der Waals surface area contributed by atoms with E-state index in [1.807, 2.05) is 0 Å². The number of nitrogens with two attached hydrogens (primary N) is 1. The fraction of sp³-hybridized carbons (Fsp3) is 0.188. The Morgan fingerprint density at radius 2 is 2.16 bits per heavy atom. The van der Waals surface area contributed by atoms with Crippen LogP contribution in [-0.4, -0.2) is 29.7 Å². The molecule has 0 bridgehead atoms. The number of nitrogens with zero attached hydrogens (tertiary/aromatic N) is 2. The van der Waals surface area contributed by atoms with Gasteiger partial charge in [0.1, 0.15) is 24.2 Å². The number of amides is 1. The quantitative estimate of drug-likeness (QED) is 0.874. The molecule has 0 spiro atoms. The fourth-order valence-corrected chi connectivity index (χ4v) is 2.44. The third-order valence-corrected chi connectivity index (χ3v) is 3.76. The average Bonchev–Trinajstić information content (AvgIpc) is 2.59. The van der Waals surface area contributed by atoms with Gasteiger partial charge in [-0.15, -0.1) is 0 Å². The van der Waals surface area contributed by atoms with Crippen molar-refractivity contribution in [2.24, 2.45) is 10.7 Å². The van der Waals surface area contributed by atoms with Crippen molar-refractivity contribution in [3.8, 4) is 0 Å². The normalized spacial score (nSPS) is 19.7. The SMILES string of the molecule is NC1=NC(c2cc(NC(=O)c3ccc(Cl)cn3)ccc2F)C(F)CO1. The van der Waals surface area contributed by atoms with Crippen LogP contribution in [-0.2, 0) is 4.74 Å². The number of ether oxygens (including phenoxy) is 1. The van der Waals surface area contributed by atoms with Gasteiger partial charge in [-0.3, -0.25) is 4.79 Å². The van der Waals surface area contributed by atoms with Crippen molar-refractivity contribution >= 4 is 29.2 Å². The first-order chi connectivity index (χ1) is 11.9. The summed E-state index contributed by atoms with van der Waals surface area (Å²) in [5, 5.41) is 2.96. The zero-order valence-electron chi connectivity index (χ0n) is 12.7. The molecule has 2 heterocycles. The molecule has 6 nitrogen and oxygen atoms in total. The number of aliphatic imine (C=N–C) groups is 1. The van der Waals surface area contributed by atoms with Gasteiger partial charge in [0.25, 0.3) is 11.9 Å². The molecule has 2 atom stereocenters. The molecule has 0 aliphatic carbocycles. The topological polar surface area (TPSA) is 89.6 Å². The van der Waals surface area contributed by atoms with Crippen molar-refractivity contribution < 1.29 is 18.3 Å². The van der Waals surface area contributed by atoms with E-state index >= 15 is 0 Å². The summed E-state index contributed by atoms with van der Waals surface area (Å²) in [5.41, 5.74) is 5.80. The van der Waals surface area contributed by atoms with E-state index in [9.17, 15) is 13.6 Å². The van der Waals surface area contributed by atoms with Gasteiger partial charge in [0, 0.05) is 17.4 Å². The number of benzene rings is 1. The lowest BCUT2D eigenvalue weighted by atomic mass is 10.0. The van der Waals surface area contributed by atoms with Gasteiger partial charge >= 0.3 is 0 Å². The van der Waals surface area contributed by atoms with Crippen molar-refractivity contribution in [3.05, 3.63) is 58.6 Å². The molecule has 1 aromatic heterocycles. The number of amidine groups is 1. The molecule has 25 heavy (non-hydrogen) atoms. The molecule has 0 saturated carbocycles. The molecule has 0 radical (unpaired) electrons. The van der Waals surface area contributed by atoms with Crippen LogP contribution in [0.2, 0.25) is 5.02 Å². The molecule has 1 aliphatic rings. The monoisotopic (exact) mass is 366 g/mol. The Balaban J connectivity index is 1.85. The van der Waals surface area contributed by atoms with Crippen molar-refractivity contribution in [1.82, 2.24) is 4.98 Å². The van der Waals surface area contributed by atoms with Crippen LogP contribution >= 0.6 is 11.6 Å². The largest absolute Gasteiger partial charge is 0.462 e. The van der Waals surface area contributed by atoms with E-state index in [0.717, 1.165) is 6.07 Å². The van der Waals surface area contributed by atoms with E-state index in [1.165, 1.54) is 30.5 Å². The van der Waals surface area contributed by atoms with Crippen LogP contribution in [0.5, 0.6) is 0 Å². The summed E-state index contributed by atoms with van der Waals surface area (Å²) in [5.74, 6) is -1.17. The third kappa shape index (κ3) is 3.85. The number of alkyl halides is 1. The summed E-state index contributed by atoms with van der Waals surface area (Å²) in [6.45, 7) is -0.315. The molecule has 0 saturated heterocycles. The molecule has 1 aliphatic heterocycles. The van der Waals surface area contributed by atoms with E-state index in [2.05, 4.69) is 15.3 Å². The molecular formula is C16H13ClF2N4O2. The molecule has 130 valence electrons. The van der Waals surface area contributed by atoms with Crippen LogP contribution in [0, 0.1) is 5.82 Å². The van der Waals surface area contributed by atoms with Gasteiger partial charge in [0.05, 0.1) is 5.02 Å². The molecule has 2 unspecified atom stereocenters. The highest BCUT2D eigenvalue weighted by molar-refractivity contribution is 6.30. The standard InChI is InChI=1S/C16H13ClF2N4O2/c17-8-1-4-13(21-6-8)15(24)22-9-2-3-11(18)10(5-9)14-12(19)7-25-16(20)23-14/h1-6,12,14H,7H2,(H2,20,23)(H,22,24). The van der Waals surface area contributed by atoms with E-state index < -0.39 is 23.9 Å². The molecule has 0 fully saturated rings. The van der Waals surface area contributed by atoms with Gasteiger partial charge in [0.2, 0.25) is 0 Å². The summed E-state index contributed by atoms with van der Waals surface area (Å²) in [7, 11) is 0. The zero-order valence-corrected chi connectivity index (χ0v) is 13.5. The van der Waals surface area contributed by atoms with Gasteiger partial charge in [-0.25, -0.2) is 18.8 Å².